The van der Waals surface area contributed by atoms with Gasteiger partial charge in [0.1, 0.15) is 12.4 Å². The van der Waals surface area contributed by atoms with E-state index in [1.54, 1.807) is 4.31 Å². The van der Waals surface area contributed by atoms with Crippen LogP contribution >= 0.6 is 0 Å². The van der Waals surface area contributed by atoms with E-state index < -0.39 is 10.0 Å². The third kappa shape index (κ3) is 8.18. The van der Waals surface area contributed by atoms with E-state index in [9.17, 15) is 13.2 Å². The van der Waals surface area contributed by atoms with Gasteiger partial charge in [-0.15, -0.1) is 0 Å². The molecule has 0 saturated carbocycles. The minimum atomic E-state index is -3.13. The number of hydrogen-bond acceptors (Lipinski definition) is 5. The highest BCUT2D eigenvalue weighted by atomic mass is 32.2. The molecule has 3 heterocycles. The van der Waals surface area contributed by atoms with E-state index in [4.69, 9.17) is 4.74 Å². The van der Waals surface area contributed by atoms with Crippen LogP contribution in [-0.4, -0.2) is 87.1 Å². The summed E-state index contributed by atoms with van der Waals surface area (Å²) in [5.74, 6) is 1.61. The Kier molecular flexibility index (Phi) is 10.5. The average Bonchev–Trinajstić information content (AvgIpc) is 2.90. The van der Waals surface area contributed by atoms with Crippen LogP contribution in [0, 0.1) is 11.3 Å². The summed E-state index contributed by atoms with van der Waals surface area (Å²) in [6, 6.07) is 8.51. The smallest absolute Gasteiger partial charge is 0.222 e. The van der Waals surface area contributed by atoms with Gasteiger partial charge in [-0.1, -0.05) is 38.0 Å². The van der Waals surface area contributed by atoms with Gasteiger partial charge >= 0.3 is 0 Å². The largest absolute Gasteiger partial charge is 0.492 e. The molecule has 8 heteroatoms. The minimum absolute atomic E-state index is 0.263. The van der Waals surface area contributed by atoms with Crippen LogP contribution in [0.3, 0.4) is 0 Å². The molecule has 0 atom stereocenters. The molecule has 38 heavy (non-hydrogen) atoms. The Balaban J connectivity index is 1.34. The Morgan fingerprint density at radius 3 is 2.47 bits per heavy atom. The predicted octanol–water partition coefficient (Wildman–Crippen LogP) is 4.56. The van der Waals surface area contributed by atoms with E-state index in [1.165, 1.54) is 43.9 Å². The minimum Gasteiger partial charge on any atom is -0.492 e. The number of unbranched alkanes of at least 4 members (excludes halogenated alkanes) is 1. The molecule has 0 bridgehead atoms. The number of ether oxygens (including phenoxy) is 1. The number of piperidine rings is 2. The summed E-state index contributed by atoms with van der Waals surface area (Å²) < 4.78 is 31.4. The normalized spacial score (nSPS) is 22.7. The van der Waals surface area contributed by atoms with E-state index in [-0.39, 0.29) is 11.3 Å². The molecule has 3 aliphatic rings. The zero-order chi connectivity index (χ0) is 27.0. The van der Waals surface area contributed by atoms with Gasteiger partial charge in [0, 0.05) is 45.7 Å². The second-order valence-corrected chi connectivity index (χ2v) is 14.0. The third-order valence-corrected chi connectivity index (χ3v) is 10.4. The second-order valence-electron chi connectivity index (χ2n) is 12.0. The van der Waals surface area contributed by atoms with Crippen molar-refractivity contribution in [1.29, 1.82) is 0 Å². The number of carbonyl (C=O) groups is 1. The van der Waals surface area contributed by atoms with Gasteiger partial charge in [-0.2, -0.15) is 0 Å². The molecule has 1 amide bonds. The van der Waals surface area contributed by atoms with Crippen LogP contribution < -0.4 is 4.74 Å². The third-order valence-electron chi connectivity index (χ3n) is 9.11. The summed E-state index contributed by atoms with van der Waals surface area (Å²) >= 11 is 0. The van der Waals surface area contributed by atoms with Crippen LogP contribution in [0.1, 0.15) is 76.7 Å². The van der Waals surface area contributed by atoms with E-state index >= 15 is 0 Å². The first-order valence-corrected chi connectivity index (χ1v) is 16.8. The zero-order valence-electron chi connectivity index (χ0n) is 23.7. The highest BCUT2D eigenvalue weighted by molar-refractivity contribution is 7.88. The van der Waals surface area contributed by atoms with Crippen LogP contribution in [0.4, 0.5) is 0 Å². The fourth-order valence-corrected chi connectivity index (χ4v) is 7.49. The Labute approximate surface area is 230 Å². The molecule has 0 aliphatic carbocycles. The number of rotatable bonds is 6. The molecule has 7 nitrogen and oxygen atoms in total. The summed E-state index contributed by atoms with van der Waals surface area (Å²) in [7, 11) is -3.13. The molecule has 214 valence electrons. The molecule has 1 aromatic rings. The summed E-state index contributed by atoms with van der Waals surface area (Å²) in [5, 5.41) is 0. The molecule has 1 aromatic carbocycles. The van der Waals surface area contributed by atoms with E-state index in [2.05, 4.69) is 41.0 Å². The fourth-order valence-electron chi connectivity index (χ4n) is 6.62. The fraction of sp³-hybridized carbons (Fsp3) is 0.767. The van der Waals surface area contributed by atoms with Crippen LogP contribution in [0.2, 0.25) is 0 Å². The first kappa shape index (κ1) is 29.3. The van der Waals surface area contributed by atoms with Crippen molar-refractivity contribution in [2.24, 2.45) is 11.3 Å². The highest BCUT2D eigenvalue weighted by Gasteiger charge is 2.37. The van der Waals surface area contributed by atoms with E-state index in [0.29, 0.717) is 25.4 Å². The second kappa shape index (κ2) is 13.6. The molecule has 0 radical (unpaired) electrons. The number of para-hydroxylation sites is 1. The molecule has 1 spiro atoms. The van der Waals surface area contributed by atoms with Crippen LogP contribution in [0.15, 0.2) is 24.3 Å². The molecular formula is C30H49N3O4S. The SMILES string of the molecule is CCCCN1CCOc2ccccc2CCCCC2(CCN(C(=O)CC3CCN(S(C)(=O)=O)CC3)CC2)C1. The summed E-state index contributed by atoms with van der Waals surface area (Å²) in [6.45, 7) is 8.92. The Morgan fingerprint density at radius 1 is 1.03 bits per heavy atom. The number of carbonyl (C=O) groups excluding carboxylic acids is 1. The van der Waals surface area contributed by atoms with Crippen molar-refractivity contribution in [2.45, 2.75) is 77.6 Å². The Hall–Kier alpha value is -1.64. The highest BCUT2D eigenvalue weighted by Crippen LogP contribution is 2.39. The van der Waals surface area contributed by atoms with Crippen molar-refractivity contribution < 1.29 is 17.9 Å². The number of benzene rings is 1. The number of nitrogens with zero attached hydrogens (tertiary/aromatic N) is 3. The van der Waals surface area contributed by atoms with Gasteiger partial charge in [0.15, 0.2) is 0 Å². The topological polar surface area (TPSA) is 70.2 Å². The van der Waals surface area contributed by atoms with Crippen molar-refractivity contribution >= 4 is 15.9 Å². The zero-order valence-corrected chi connectivity index (χ0v) is 24.5. The molecule has 0 aromatic heterocycles. The maximum absolute atomic E-state index is 13.2. The summed E-state index contributed by atoms with van der Waals surface area (Å²) in [4.78, 5) is 17.9. The van der Waals surface area contributed by atoms with Crippen molar-refractivity contribution in [1.82, 2.24) is 14.1 Å². The number of aryl methyl sites for hydroxylation is 1. The molecule has 2 saturated heterocycles. The van der Waals surface area contributed by atoms with Crippen molar-refractivity contribution in [3.8, 4) is 5.75 Å². The van der Waals surface area contributed by atoms with Crippen LogP contribution in [0.25, 0.3) is 0 Å². The first-order valence-electron chi connectivity index (χ1n) is 14.9. The van der Waals surface area contributed by atoms with Gasteiger partial charge in [0.05, 0.1) is 6.26 Å². The summed E-state index contributed by atoms with van der Waals surface area (Å²) in [5.41, 5.74) is 1.59. The number of fused-ring (bicyclic) bond motifs is 1. The quantitative estimate of drug-likeness (QED) is 0.522. The molecule has 2 fully saturated rings. The standard InChI is InChI=1S/C30H49N3O4S/c1-3-4-17-31-22-23-37-28-11-6-5-9-27(28)10-7-8-14-30(25-31)15-20-32(21-16-30)29(34)24-26-12-18-33(19-13-26)38(2,35)36/h5-6,9,11,26H,3-4,7-8,10,12-25H2,1-2H3. The van der Waals surface area contributed by atoms with Crippen molar-refractivity contribution in [3.63, 3.8) is 0 Å². The maximum Gasteiger partial charge on any atom is 0.222 e. The molecule has 0 N–H and O–H groups in total. The predicted molar refractivity (Wildman–Crippen MR) is 153 cm³/mol. The Bertz CT molecular complexity index is 999. The molecule has 0 unspecified atom stereocenters. The van der Waals surface area contributed by atoms with Crippen LogP contribution in [0.5, 0.6) is 5.75 Å². The van der Waals surface area contributed by atoms with Crippen molar-refractivity contribution in [3.05, 3.63) is 29.8 Å². The molecule has 3 aliphatic heterocycles. The lowest BCUT2D eigenvalue weighted by Gasteiger charge is -2.45. The van der Waals surface area contributed by atoms with Gasteiger partial charge < -0.3 is 9.64 Å². The first-order chi connectivity index (χ1) is 18.3. The lowest BCUT2D eigenvalue weighted by Crippen LogP contribution is -2.49. The molecular weight excluding hydrogens is 498 g/mol. The number of hydrogen-bond donors (Lipinski definition) is 0. The number of likely N-dealkylation sites (tertiary alicyclic amines) is 1. The van der Waals surface area contributed by atoms with Crippen LogP contribution in [-0.2, 0) is 21.2 Å². The number of amides is 1. The van der Waals surface area contributed by atoms with Gasteiger partial charge in [-0.25, -0.2) is 12.7 Å². The van der Waals surface area contributed by atoms with Gasteiger partial charge in [0.2, 0.25) is 15.9 Å². The summed E-state index contributed by atoms with van der Waals surface area (Å²) in [6.07, 6.45) is 12.6. The average molecular weight is 548 g/mol. The van der Waals surface area contributed by atoms with Gasteiger partial charge in [-0.05, 0) is 80.9 Å². The lowest BCUT2D eigenvalue weighted by molar-refractivity contribution is -0.135. The van der Waals surface area contributed by atoms with Gasteiger partial charge in [0.25, 0.3) is 0 Å². The lowest BCUT2D eigenvalue weighted by atomic mass is 9.73. The Morgan fingerprint density at radius 2 is 1.76 bits per heavy atom. The van der Waals surface area contributed by atoms with E-state index in [1.807, 2.05) is 0 Å². The maximum atomic E-state index is 13.2. The van der Waals surface area contributed by atoms with E-state index in [0.717, 1.165) is 77.2 Å². The van der Waals surface area contributed by atoms with Crippen molar-refractivity contribution in [2.75, 3.05) is 58.7 Å². The number of sulfonamides is 1. The van der Waals surface area contributed by atoms with Gasteiger partial charge in [-0.3, -0.25) is 9.69 Å². The molecule has 4 rings (SSSR count). The monoisotopic (exact) mass is 547 g/mol.